The van der Waals surface area contributed by atoms with Crippen molar-refractivity contribution in [1.82, 2.24) is 14.7 Å². The molecule has 1 atom stereocenters. The topological polar surface area (TPSA) is 9.72 Å². The lowest BCUT2D eigenvalue weighted by Crippen LogP contribution is -2.50. The largest absolute Gasteiger partial charge is 0.308 e. The molecule has 1 unspecified atom stereocenters. The second-order valence-electron chi connectivity index (χ2n) is 5.71. The van der Waals surface area contributed by atoms with Crippen molar-refractivity contribution < 1.29 is 0 Å². The summed E-state index contributed by atoms with van der Waals surface area (Å²) in [7, 11) is 8.74. The highest BCUT2D eigenvalue weighted by Crippen LogP contribution is 2.07. The van der Waals surface area contributed by atoms with Gasteiger partial charge in [-0.25, -0.2) is 0 Å². The van der Waals surface area contributed by atoms with Crippen LogP contribution in [0.1, 0.15) is 27.7 Å². The van der Waals surface area contributed by atoms with Crippen molar-refractivity contribution in [3.63, 3.8) is 0 Å². The maximum atomic E-state index is 2.47. The van der Waals surface area contributed by atoms with E-state index in [9.17, 15) is 0 Å². The van der Waals surface area contributed by atoms with E-state index in [1.165, 1.54) is 0 Å². The van der Waals surface area contributed by atoms with E-state index in [1.807, 2.05) is 0 Å². The van der Waals surface area contributed by atoms with Crippen LogP contribution < -0.4 is 0 Å². The van der Waals surface area contributed by atoms with E-state index in [2.05, 4.69) is 70.6 Å². The Morgan fingerprint density at radius 3 is 1.56 bits per heavy atom. The highest BCUT2D eigenvalue weighted by Gasteiger charge is 2.20. The molecule has 0 bridgehead atoms. The molecule has 0 aliphatic rings. The van der Waals surface area contributed by atoms with E-state index < -0.39 is 0 Å². The summed E-state index contributed by atoms with van der Waals surface area (Å²) in [5.74, 6) is 0. The van der Waals surface area contributed by atoms with Crippen LogP contribution in [0.5, 0.6) is 0 Å². The van der Waals surface area contributed by atoms with Crippen LogP contribution in [0.25, 0.3) is 0 Å². The highest BCUT2D eigenvalue weighted by molar-refractivity contribution is 4.78. The molecule has 3 nitrogen and oxygen atoms in total. The number of likely N-dealkylation sites (N-methyl/N-ethyl adjacent to an activating group) is 3. The third kappa shape index (κ3) is 5.83. The van der Waals surface area contributed by atoms with Gasteiger partial charge in [0.05, 0.1) is 0 Å². The van der Waals surface area contributed by atoms with Gasteiger partial charge < -0.3 is 9.80 Å². The minimum absolute atomic E-state index is 0.599. The van der Waals surface area contributed by atoms with Gasteiger partial charge >= 0.3 is 0 Å². The Morgan fingerprint density at radius 1 is 0.750 bits per heavy atom. The molecule has 0 heterocycles. The molecule has 0 radical (unpaired) electrons. The molecule has 0 amide bonds. The van der Waals surface area contributed by atoms with Crippen molar-refractivity contribution in [3.8, 4) is 0 Å². The lowest BCUT2D eigenvalue weighted by atomic mass is 10.1. The molecule has 0 aromatic carbocycles. The molecule has 0 aromatic rings. The Labute approximate surface area is 102 Å². The van der Waals surface area contributed by atoms with Crippen LogP contribution in [0.3, 0.4) is 0 Å². The van der Waals surface area contributed by atoms with Crippen molar-refractivity contribution in [2.24, 2.45) is 0 Å². The van der Waals surface area contributed by atoms with Gasteiger partial charge in [0, 0.05) is 31.2 Å². The summed E-state index contributed by atoms with van der Waals surface area (Å²) in [4.78, 5) is 7.17. The van der Waals surface area contributed by atoms with Crippen LogP contribution in [-0.4, -0.2) is 74.1 Å². The van der Waals surface area contributed by atoms with Crippen LogP contribution in [0.2, 0.25) is 0 Å². The van der Waals surface area contributed by atoms with Crippen LogP contribution >= 0.6 is 0 Å². The third-order valence-corrected chi connectivity index (χ3v) is 3.35. The molecule has 0 spiro atoms. The van der Waals surface area contributed by atoms with E-state index in [4.69, 9.17) is 0 Å². The molecular weight excluding hydrogens is 198 g/mol. The predicted molar refractivity (Wildman–Crippen MR) is 73.0 cm³/mol. The first-order chi connectivity index (χ1) is 7.25. The molecule has 98 valence electrons. The monoisotopic (exact) mass is 229 g/mol. The molecule has 0 fully saturated rings. The first-order valence-electron chi connectivity index (χ1n) is 6.32. The van der Waals surface area contributed by atoms with E-state index in [-0.39, 0.29) is 0 Å². The fourth-order valence-electron chi connectivity index (χ4n) is 1.70. The van der Waals surface area contributed by atoms with E-state index in [0.717, 1.165) is 13.1 Å². The smallest absolute Gasteiger partial charge is 0.0349 e. The maximum absolute atomic E-state index is 2.47. The molecule has 0 saturated heterocycles. The summed E-state index contributed by atoms with van der Waals surface area (Å²) in [5, 5.41) is 0. The molecular formula is C13H31N3. The molecule has 16 heavy (non-hydrogen) atoms. The second-order valence-corrected chi connectivity index (χ2v) is 5.71. The van der Waals surface area contributed by atoms with Crippen LogP contribution in [0.4, 0.5) is 0 Å². The quantitative estimate of drug-likeness (QED) is 0.656. The minimum atomic E-state index is 0.599. The van der Waals surface area contributed by atoms with Gasteiger partial charge in [0.1, 0.15) is 0 Å². The van der Waals surface area contributed by atoms with Gasteiger partial charge in [-0.3, -0.25) is 4.90 Å². The van der Waals surface area contributed by atoms with Crippen molar-refractivity contribution >= 4 is 0 Å². The van der Waals surface area contributed by atoms with Crippen LogP contribution in [0.15, 0.2) is 0 Å². The highest BCUT2D eigenvalue weighted by atomic mass is 15.2. The number of nitrogens with zero attached hydrogens (tertiary/aromatic N) is 3. The normalized spacial score (nSPS) is 14.8. The minimum Gasteiger partial charge on any atom is -0.308 e. The Kier molecular flexibility index (Phi) is 7.20. The van der Waals surface area contributed by atoms with Crippen LogP contribution in [0, 0.1) is 0 Å². The summed E-state index contributed by atoms with van der Waals surface area (Å²) >= 11 is 0. The van der Waals surface area contributed by atoms with E-state index in [1.54, 1.807) is 0 Å². The summed E-state index contributed by atoms with van der Waals surface area (Å²) in [5.41, 5.74) is 0. The summed E-state index contributed by atoms with van der Waals surface area (Å²) in [6.07, 6.45) is 0. The van der Waals surface area contributed by atoms with Gasteiger partial charge in [0.15, 0.2) is 0 Å². The number of hydrogen-bond acceptors (Lipinski definition) is 3. The zero-order valence-electron chi connectivity index (χ0n) is 12.5. The SMILES string of the molecule is CC(C)N(C)CC(CN(C)C)N(C)C(C)C. The van der Waals surface area contributed by atoms with Crippen molar-refractivity contribution in [2.75, 3.05) is 41.3 Å². The molecule has 0 N–H and O–H groups in total. The van der Waals surface area contributed by atoms with Gasteiger partial charge in [0.25, 0.3) is 0 Å². The van der Waals surface area contributed by atoms with Gasteiger partial charge in [0.2, 0.25) is 0 Å². The van der Waals surface area contributed by atoms with Gasteiger partial charge in [-0.15, -0.1) is 0 Å². The van der Waals surface area contributed by atoms with E-state index in [0.29, 0.717) is 18.1 Å². The zero-order valence-corrected chi connectivity index (χ0v) is 12.5. The Hall–Kier alpha value is -0.120. The molecule has 0 rings (SSSR count). The third-order valence-electron chi connectivity index (χ3n) is 3.35. The molecule has 0 aliphatic carbocycles. The fraction of sp³-hybridized carbons (Fsp3) is 1.00. The Morgan fingerprint density at radius 2 is 1.25 bits per heavy atom. The summed E-state index contributed by atoms with van der Waals surface area (Å²) < 4.78 is 0. The maximum Gasteiger partial charge on any atom is 0.0349 e. The first-order valence-corrected chi connectivity index (χ1v) is 6.32. The first kappa shape index (κ1) is 15.9. The fourth-order valence-corrected chi connectivity index (χ4v) is 1.70. The predicted octanol–water partition coefficient (Wildman–Crippen LogP) is 1.60. The summed E-state index contributed by atoms with van der Waals surface area (Å²) in [6.45, 7) is 11.3. The molecule has 3 heteroatoms. The van der Waals surface area contributed by atoms with Crippen molar-refractivity contribution in [2.45, 2.75) is 45.8 Å². The van der Waals surface area contributed by atoms with E-state index >= 15 is 0 Å². The Balaban J connectivity index is 4.42. The Bertz CT molecular complexity index is 178. The average Bonchev–Trinajstić information content (AvgIpc) is 2.14. The van der Waals surface area contributed by atoms with Crippen LogP contribution in [-0.2, 0) is 0 Å². The average molecular weight is 229 g/mol. The van der Waals surface area contributed by atoms with Crippen molar-refractivity contribution in [1.29, 1.82) is 0 Å². The van der Waals surface area contributed by atoms with Gasteiger partial charge in [-0.1, -0.05) is 0 Å². The summed E-state index contributed by atoms with van der Waals surface area (Å²) in [6, 6.07) is 1.82. The molecule has 0 aliphatic heterocycles. The molecule has 0 aromatic heterocycles. The number of rotatable bonds is 7. The van der Waals surface area contributed by atoms with Crippen molar-refractivity contribution in [3.05, 3.63) is 0 Å². The zero-order chi connectivity index (χ0) is 12.9. The van der Waals surface area contributed by atoms with Gasteiger partial charge in [-0.2, -0.15) is 0 Å². The standard InChI is InChI=1S/C13H31N3/c1-11(2)15(7)10-13(9-14(5)6)16(8)12(3)4/h11-13H,9-10H2,1-8H3. The number of hydrogen-bond donors (Lipinski definition) is 0. The van der Waals surface area contributed by atoms with Gasteiger partial charge in [-0.05, 0) is 55.9 Å². The molecule has 0 saturated carbocycles. The lowest BCUT2D eigenvalue weighted by molar-refractivity contribution is 0.113. The second kappa shape index (κ2) is 7.25. The lowest BCUT2D eigenvalue weighted by Gasteiger charge is -2.37.